The predicted molar refractivity (Wildman–Crippen MR) is 106 cm³/mol. The van der Waals surface area contributed by atoms with Gasteiger partial charge in [0.1, 0.15) is 5.65 Å². The number of amides is 1. The number of fused-ring (bicyclic) bond motifs is 1. The Morgan fingerprint density at radius 1 is 1.00 bits per heavy atom. The minimum atomic E-state index is -0.460. The maximum atomic E-state index is 12.5. The maximum absolute atomic E-state index is 12.5. The summed E-state index contributed by atoms with van der Waals surface area (Å²) in [5, 5.41) is 3.00. The summed E-state index contributed by atoms with van der Waals surface area (Å²) in [4.78, 5) is 41.0. The fourth-order valence-corrected chi connectivity index (χ4v) is 3.03. The quantitative estimate of drug-likeness (QED) is 0.590. The molecule has 0 aliphatic carbocycles. The van der Waals surface area contributed by atoms with Crippen molar-refractivity contribution >= 4 is 22.6 Å². The number of hydrogen-bond acceptors (Lipinski definition) is 4. The summed E-state index contributed by atoms with van der Waals surface area (Å²) >= 11 is 0. The van der Waals surface area contributed by atoms with Crippen molar-refractivity contribution in [2.24, 2.45) is 14.1 Å². The van der Waals surface area contributed by atoms with Gasteiger partial charge in [-0.3, -0.25) is 18.7 Å². The molecule has 3 aromatic heterocycles. The Hall–Kier alpha value is -3.94. The van der Waals surface area contributed by atoms with E-state index in [0.29, 0.717) is 11.3 Å². The lowest BCUT2D eigenvalue weighted by Gasteiger charge is -2.09. The van der Waals surface area contributed by atoms with Gasteiger partial charge in [-0.05, 0) is 42.5 Å². The lowest BCUT2D eigenvalue weighted by molar-refractivity contribution is 0.102. The molecule has 0 aliphatic rings. The van der Waals surface area contributed by atoms with Gasteiger partial charge in [-0.15, -0.1) is 0 Å². The minimum absolute atomic E-state index is 0.255. The SMILES string of the molecule is Cn1c(=O)c2cc(NC(=O)c3ccc(-n4cccc4)cc3)cnc2n(C)c1=O. The third-order valence-electron chi connectivity index (χ3n) is 4.58. The normalized spacial score (nSPS) is 10.9. The molecule has 140 valence electrons. The van der Waals surface area contributed by atoms with Gasteiger partial charge in [-0.2, -0.15) is 0 Å². The number of carbonyl (C=O) groups is 1. The van der Waals surface area contributed by atoms with Gasteiger partial charge in [0.25, 0.3) is 11.5 Å². The van der Waals surface area contributed by atoms with Crippen molar-refractivity contribution < 1.29 is 4.79 Å². The Morgan fingerprint density at radius 3 is 2.36 bits per heavy atom. The molecule has 0 bridgehead atoms. The molecule has 0 atom stereocenters. The zero-order valence-corrected chi connectivity index (χ0v) is 15.3. The fraction of sp³-hybridized carbons (Fsp3) is 0.100. The molecule has 1 N–H and O–H groups in total. The molecule has 0 saturated carbocycles. The smallest absolute Gasteiger partial charge is 0.324 e. The molecule has 1 aromatic carbocycles. The Balaban J connectivity index is 1.63. The fourth-order valence-electron chi connectivity index (χ4n) is 3.03. The molecule has 0 saturated heterocycles. The molecule has 0 spiro atoms. The van der Waals surface area contributed by atoms with E-state index in [-0.39, 0.29) is 16.9 Å². The van der Waals surface area contributed by atoms with Crippen LogP contribution in [0.25, 0.3) is 16.7 Å². The van der Waals surface area contributed by atoms with Crippen LogP contribution >= 0.6 is 0 Å². The summed E-state index contributed by atoms with van der Waals surface area (Å²) in [6.45, 7) is 0. The second kappa shape index (κ2) is 6.66. The third kappa shape index (κ3) is 2.90. The van der Waals surface area contributed by atoms with Crippen LogP contribution in [0.2, 0.25) is 0 Å². The number of pyridine rings is 1. The van der Waals surface area contributed by atoms with Gasteiger partial charge in [0.15, 0.2) is 0 Å². The van der Waals surface area contributed by atoms with Crippen LogP contribution < -0.4 is 16.6 Å². The van der Waals surface area contributed by atoms with Crippen molar-refractivity contribution in [3.05, 3.63) is 87.5 Å². The van der Waals surface area contributed by atoms with Gasteiger partial charge in [-0.25, -0.2) is 9.78 Å². The van der Waals surface area contributed by atoms with Crippen molar-refractivity contribution in [2.75, 3.05) is 5.32 Å². The van der Waals surface area contributed by atoms with E-state index in [4.69, 9.17) is 0 Å². The van der Waals surface area contributed by atoms with Crippen LogP contribution in [0.5, 0.6) is 0 Å². The highest BCUT2D eigenvalue weighted by molar-refractivity contribution is 6.04. The first-order chi connectivity index (χ1) is 13.5. The zero-order valence-electron chi connectivity index (χ0n) is 15.3. The van der Waals surface area contributed by atoms with E-state index >= 15 is 0 Å². The van der Waals surface area contributed by atoms with Crippen LogP contribution in [0.3, 0.4) is 0 Å². The van der Waals surface area contributed by atoms with Gasteiger partial charge in [0.05, 0.1) is 17.3 Å². The maximum Gasteiger partial charge on any atom is 0.332 e. The summed E-state index contributed by atoms with van der Waals surface area (Å²) in [6.07, 6.45) is 5.26. The van der Waals surface area contributed by atoms with E-state index in [1.54, 1.807) is 19.2 Å². The molecular formula is C20H17N5O3. The summed E-state index contributed by atoms with van der Waals surface area (Å²) in [5.41, 5.74) is 1.15. The van der Waals surface area contributed by atoms with Gasteiger partial charge in [0.2, 0.25) is 0 Å². The topological polar surface area (TPSA) is 90.9 Å². The molecular weight excluding hydrogens is 358 g/mol. The van der Waals surface area contributed by atoms with E-state index in [1.165, 1.54) is 23.9 Å². The van der Waals surface area contributed by atoms with Crippen LogP contribution in [0.1, 0.15) is 10.4 Å². The highest BCUT2D eigenvalue weighted by atomic mass is 16.2. The lowest BCUT2D eigenvalue weighted by Crippen LogP contribution is -2.37. The molecule has 0 aliphatic heterocycles. The first-order valence-corrected chi connectivity index (χ1v) is 8.56. The van der Waals surface area contributed by atoms with Gasteiger partial charge >= 0.3 is 5.69 Å². The number of nitrogens with one attached hydrogen (secondary N) is 1. The van der Waals surface area contributed by atoms with E-state index in [9.17, 15) is 14.4 Å². The van der Waals surface area contributed by atoms with Crippen LogP contribution in [-0.2, 0) is 14.1 Å². The molecule has 0 radical (unpaired) electrons. The summed E-state index contributed by atoms with van der Waals surface area (Å²) in [5.74, 6) is -0.318. The van der Waals surface area contributed by atoms with Crippen molar-refractivity contribution in [1.29, 1.82) is 0 Å². The van der Waals surface area contributed by atoms with E-state index in [2.05, 4.69) is 10.3 Å². The Labute approximate surface area is 159 Å². The Morgan fingerprint density at radius 2 is 1.68 bits per heavy atom. The number of aryl methyl sites for hydroxylation is 1. The van der Waals surface area contributed by atoms with Crippen molar-refractivity contribution in [3.63, 3.8) is 0 Å². The molecule has 0 unspecified atom stereocenters. The van der Waals surface area contributed by atoms with Crippen molar-refractivity contribution in [2.45, 2.75) is 0 Å². The number of carbonyl (C=O) groups excluding carboxylic acids is 1. The second-order valence-corrected chi connectivity index (χ2v) is 6.39. The minimum Gasteiger partial charge on any atom is -0.324 e. The first-order valence-electron chi connectivity index (χ1n) is 8.56. The highest BCUT2D eigenvalue weighted by Crippen LogP contribution is 2.15. The predicted octanol–water partition coefficient (Wildman–Crippen LogP) is 1.68. The number of benzene rings is 1. The van der Waals surface area contributed by atoms with Crippen LogP contribution in [-0.4, -0.2) is 24.6 Å². The van der Waals surface area contributed by atoms with Crippen LogP contribution in [0, 0.1) is 0 Å². The molecule has 4 rings (SSSR count). The van der Waals surface area contributed by atoms with Gasteiger partial charge in [0, 0.05) is 37.7 Å². The van der Waals surface area contributed by atoms with E-state index in [0.717, 1.165) is 10.3 Å². The summed E-state index contributed by atoms with van der Waals surface area (Å²) in [6, 6.07) is 12.5. The molecule has 28 heavy (non-hydrogen) atoms. The number of aromatic nitrogens is 4. The number of hydrogen-bond donors (Lipinski definition) is 1. The first kappa shape index (κ1) is 17.5. The molecule has 8 heteroatoms. The van der Waals surface area contributed by atoms with Gasteiger partial charge < -0.3 is 9.88 Å². The molecule has 8 nitrogen and oxygen atoms in total. The Kier molecular flexibility index (Phi) is 4.15. The standard InChI is InChI=1S/C20H17N5O3/c1-23-17-16(19(27)24(2)20(23)28)11-14(12-21-17)22-18(26)13-5-7-15(8-6-13)25-9-3-4-10-25/h3-12H,1-2H3,(H,22,26). The zero-order chi connectivity index (χ0) is 19.8. The van der Waals surface area contributed by atoms with Crippen molar-refractivity contribution in [3.8, 4) is 5.69 Å². The third-order valence-corrected chi connectivity index (χ3v) is 4.58. The monoisotopic (exact) mass is 375 g/mol. The highest BCUT2D eigenvalue weighted by Gasteiger charge is 2.12. The number of anilines is 1. The average Bonchev–Trinajstić information content (AvgIpc) is 3.25. The average molecular weight is 375 g/mol. The molecule has 3 heterocycles. The van der Waals surface area contributed by atoms with Gasteiger partial charge in [-0.1, -0.05) is 0 Å². The summed E-state index contributed by atoms with van der Waals surface area (Å²) < 4.78 is 4.24. The largest absolute Gasteiger partial charge is 0.332 e. The molecule has 0 fully saturated rings. The van der Waals surface area contributed by atoms with Crippen LogP contribution in [0.4, 0.5) is 5.69 Å². The molecule has 1 amide bonds. The number of rotatable bonds is 3. The van der Waals surface area contributed by atoms with E-state index < -0.39 is 11.2 Å². The lowest BCUT2D eigenvalue weighted by atomic mass is 10.2. The second-order valence-electron chi connectivity index (χ2n) is 6.39. The van der Waals surface area contributed by atoms with Crippen LogP contribution in [0.15, 0.2) is 70.6 Å². The number of nitrogens with zero attached hydrogens (tertiary/aromatic N) is 4. The molecule has 4 aromatic rings. The van der Waals surface area contributed by atoms with E-state index in [1.807, 2.05) is 41.2 Å². The Bertz CT molecular complexity index is 1300. The van der Waals surface area contributed by atoms with Crippen molar-refractivity contribution in [1.82, 2.24) is 18.7 Å². The summed E-state index contributed by atoms with van der Waals surface area (Å²) in [7, 11) is 2.95.